The fourth-order valence-electron chi connectivity index (χ4n) is 14.8. The van der Waals surface area contributed by atoms with E-state index in [2.05, 4.69) is 15.2 Å². The molecule has 4 heterocycles. The normalized spacial score (nSPS) is 26.6. The van der Waals surface area contributed by atoms with Crippen LogP contribution in [0, 0.1) is 29.1 Å². The largest absolute Gasteiger partial charge is 0.756 e. The van der Waals surface area contributed by atoms with E-state index in [4.69, 9.17) is 47.2 Å². The van der Waals surface area contributed by atoms with Crippen molar-refractivity contribution in [3.8, 4) is 0 Å². The van der Waals surface area contributed by atoms with Crippen LogP contribution < -0.4 is 15.5 Å². The maximum atomic E-state index is 14.2. The smallest absolute Gasteiger partial charge is 0.267 e. The van der Waals surface area contributed by atoms with E-state index in [0.29, 0.717) is 148 Å². The second-order valence-electron chi connectivity index (χ2n) is 32.4. The summed E-state index contributed by atoms with van der Waals surface area (Å²) in [7, 11) is -3.39. The molecule has 0 spiro atoms. The Morgan fingerprint density at radius 1 is 0.422 bits per heavy atom. The molecule has 4 saturated heterocycles. The van der Waals surface area contributed by atoms with Crippen LogP contribution in [0.2, 0.25) is 0 Å². The van der Waals surface area contributed by atoms with Crippen LogP contribution in [-0.4, -0.2) is 290 Å². The SMILES string of the molecule is COP(=O)([O-])OCC1C[C@@H](C)CN1C(=O)CCCCCCCCCCC(=O)CC(COCCC(=O)CCCCCC(=O)CCCCOC1OC(CO)C(O)C(O)C1C)(COCCC(=O)CCCCCC(=O)CCCCOC1OC(CO)C(O)C(O)C1C)COCCC(=O)NCCCNC(=O)CCCCOC1OC(CO)C(O)C(O)C1C. The lowest BCUT2D eigenvalue weighted by Gasteiger charge is -2.40. The number of phosphoric ester groups is 1. The number of ether oxygens (including phenoxy) is 9. The third-order valence-corrected chi connectivity index (χ3v) is 23.2. The van der Waals surface area contributed by atoms with E-state index in [-0.39, 0.29) is 183 Å². The zero-order valence-electron chi connectivity index (χ0n) is 69.9. The summed E-state index contributed by atoms with van der Waals surface area (Å²) in [5.74, 6) is -1.82. The molecule has 33 nitrogen and oxygen atoms in total. The Bertz CT molecular complexity index is 2600. The van der Waals surface area contributed by atoms with Crippen molar-refractivity contribution in [2.75, 3.05) is 113 Å². The van der Waals surface area contributed by atoms with Gasteiger partial charge in [-0.05, 0) is 95.8 Å². The second kappa shape index (κ2) is 59.8. The first kappa shape index (κ1) is 104. The molecule has 674 valence electrons. The standard InChI is InChI=1S/C82H146N3O30P/c1-57-47-61(53-112-116(103,104)105-5)85(49-57)72(96)35-19-11-9-7-6-8-10-14-33-66(93)48-82(54-106-44-36-64(91)29-17-12-15-27-62(89)31-20-23-41-109-79-58(2)73(97)76(100)67(50-86)113-79,55-107-45-37-65(92)30-18-13-16-28-63(90)32-21-24-42-110-80-59(3)74(98)77(101)68(51-87)114-80)56-108-46-38-71(95)84-40-26-39-83-70(94)34-22-25-43-111-81-60(4)75(99)78(102)69(52-88)115-81/h57-61,67-69,73-81,86-88,97-102H,6-56H2,1-5H3,(H,83,94)(H,84,95)(H,103,104)/p-1/t57-,58?,59?,60?,61?,67?,68?,69?,73?,74?,75?,76?,77?,78?,79?,80?,81?,82?/m1/s1. The maximum absolute atomic E-state index is 14.2. The number of Topliss-reactive ketones (excluding diaryl/α,β-unsaturated/α-hetero) is 5. The summed E-state index contributed by atoms with van der Waals surface area (Å²) in [6, 6.07) is -0.337. The van der Waals surface area contributed by atoms with Gasteiger partial charge in [-0.2, -0.15) is 0 Å². The molecule has 116 heavy (non-hydrogen) atoms. The molecule has 0 radical (unpaired) electrons. The van der Waals surface area contributed by atoms with Crippen LogP contribution in [0.4, 0.5) is 0 Å². The molecule has 0 aromatic carbocycles. The number of aliphatic hydroxyl groups is 9. The molecule has 3 amide bonds. The van der Waals surface area contributed by atoms with Crippen LogP contribution in [0.15, 0.2) is 0 Å². The number of rotatable bonds is 69. The van der Waals surface area contributed by atoms with Crippen molar-refractivity contribution in [3.63, 3.8) is 0 Å². The molecule has 4 aliphatic heterocycles. The quantitative estimate of drug-likeness (QED) is 0.0282. The average molecular weight is 1680 g/mol. The molecule has 11 N–H and O–H groups in total. The topological polar surface area (TPSA) is 488 Å². The summed E-state index contributed by atoms with van der Waals surface area (Å²) in [5, 5.41) is 95.5. The van der Waals surface area contributed by atoms with Gasteiger partial charge < -0.3 is 118 Å². The summed E-state index contributed by atoms with van der Waals surface area (Å²) >= 11 is 0. The fourth-order valence-corrected chi connectivity index (χ4v) is 15.2. The van der Waals surface area contributed by atoms with Gasteiger partial charge in [0.05, 0.1) is 90.4 Å². The number of unbranched alkanes of at least 4 members (excludes halogenated alkanes) is 14. The number of carbonyl (C=O) groups excluding carboxylic acids is 8. The third kappa shape index (κ3) is 41.8. The number of nitrogens with one attached hydrogen (secondary N) is 2. The minimum Gasteiger partial charge on any atom is -0.756 e. The number of hydrogen-bond donors (Lipinski definition) is 11. The van der Waals surface area contributed by atoms with Gasteiger partial charge in [-0.1, -0.05) is 79.1 Å². The number of ketones is 5. The molecule has 4 fully saturated rings. The van der Waals surface area contributed by atoms with Gasteiger partial charge in [0.2, 0.25) is 17.7 Å². The van der Waals surface area contributed by atoms with Crippen molar-refractivity contribution >= 4 is 54.5 Å². The lowest BCUT2D eigenvalue weighted by atomic mass is 9.83. The van der Waals surface area contributed by atoms with Crippen molar-refractivity contribution in [1.29, 1.82) is 0 Å². The maximum Gasteiger partial charge on any atom is 0.267 e. The van der Waals surface area contributed by atoms with E-state index < -0.39 is 125 Å². The van der Waals surface area contributed by atoms with Gasteiger partial charge in [0.25, 0.3) is 7.82 Å². The summed E-state index contributed by atoms with van der Waals surface area (Å²) in [4.78, 5) is 119. The van der Waals surface area contributed by atoms with Crippen LogP contribution >= 0.6 is 7.82 Å². The molecule has 4 rings (SSSR count). The number of nitrogens with zero attached hydrogens (tertiary/aromatic N) is 1. The molecule has 0 saturated carbocycles. The van der Waals surface area contributed by atoms with Crippen molar-refractivity contribution in [3.05, 3.63) is 0 Å². The van der Waals surface area contributed by atoms with Gasteiger partial charge in [0.1, 0.15) is 65.5 Å². The van der Waals surface area contributed by atoms with Gasteiger partial charge in [0, 0.05) is 153 Å². The highest BCUT2D eigenvalue weighted by atomic mass is 31.2. The van der Waals surface area contributed by atoms with E-state index >= 15 is 0 Å². The third-order valence-electron chi connectivity index (χ3n) is 22.2. The van der Waals surface area contributed by atoms with Crippen molar-refractivity contribution in [2.45, 2.75) is 332 Å². The van der Waals surface area contributed by atoms with Crippen molar-refractivity contribution < 1.29 is 145 Å². The number of hydrogen-bond acceptors (Lipinski definition) is 30. The highest BCUT2D eigenvalue weighted by molar-refractivity contribution is 7.45. The van der Waals surface area contributed by atoms with E-state index in [1.807, 2.05) is 6.92 Å². The highest BCUT2D eigenvalue weighted by Gasteiger charge is 2.45. The molecule has 0 aromatic rings. The summed E-state index contributed by atoms with van der Waals surface area (Å²) < 4.78 is 74.1. The Kier molecular flexibility index (Phi) is 53.9. The molecule has 34 heteroatoms. The average Bonchev–Trinajstić information content (AvgIpc) is 1.41. The van der Waals surface area contributed by atoms with Gasteiger partial charge in [-0.3, -0.25) is 42.9 Å². The minimum absolute atomic E-state index is 0.0269. The first-order valence-corrected chi connectivity index (χ1v) is 44.4. The van der Waals surface area contributed by atoms with Crippen LogP contribution in [0.25, 0.3) is 0 Å². The van der Waals surface area contributed by atoms with Crippen LogP contribution in [0.5, 0.6) is 0 Å². The Hall–Kier alpha value is -3.85. The molecular weight excluding hydrogens is 1540 g/mol. The van der Waals surface area contributed by atoms with Crippen molar-refractivity contribution in [2.24, 2.45) is 29.1 Å². The monoisotopic (exact) mass is 1680 g/mol. The Morgan fingerprint density at radius 3 is 1.14 bits per heavy atom. The zero-order valence-corrected chi connectivity index (χ0v) is 70.8. The molecule has 4 aliphatic rings. The van der Waals surface area contributed by atoms with Gasteiger partial charge >= 0.3 is 0 Å². The highest BCUT2D eigenvalue weighted by Crippen LogP contribution is 2.39. The Balaban J connectivity index is 1.28. The zero-order chi connectivity index (χ0) is 85.3. The predicted molar refractivity (Wildman–Crippen MR) is 421 cm³/mol. The number of phosphoric acid groups is 1. The summed E-state index contributed by atoms with van der Waals surface area (Å²) in [6.45, 7) is 7.25. The van der Waals surface area contributed by atoms with Crippen LogP contribution in [0.3, 0.4) is 0 Å². The summed E-state index contributed by atoms with van der Waals surface area (Å²) in [6.07, 6.45) is 5.33. The van der Waals surface area contributed by atoms with Crippen LogP contribution in [-0.2, 0) is 94.6 Å². The van der Waals surface area contributed by atoms with E-state index in [1.54, 1.807) is 25.7 Å². The van der Waals surface area contributed by atoms with Crippen LogP contribution in [0.1, 0.15) is 252 Å². The minimum atomic E-state index is -4.42. The van der Waals surface area contributed by atoms with E-state index in [1.165, 1.54) is 0 Å². The second-order valence-corrected chi connectivity index (χ2v) is 33.9. The molecule has 0 aliphatic carbocycles. The number of amides is 3. The molecule has 17 unspecified atom stereocenters. The molecule has 0 aromatic heterocycles. The van der Waals surface area contributed by atoms with E-state index in [9.17, 15) is 93.8 Å². The van der Waals surface area contributed by atoms with Crippen molar-refractivity contribution in [1.82, 2.24) is 15.5 Å². The number of likely N-dealkylation sites (tertiary alicyclic amines) is 1. The Labute approximate surface area is 686 Å². The van der Waals surface area contributed by atoms with Gasteiger partial charge in [0.15, 0.2) is 18.9 Å². The molecule has 0 bridgehead atoms. The number of aliphatic hydroxyl groups excluding tert-OH is 9. The molecule has 18 atom stereocenters. The van der Waals surface area contributed by atoms with Gasteiger partial charge in [-0.15, -0.1) is 0 Å². The molecular formula is C82H145N3O30P-. The predicted octanol–water partition coefficient (Wildman–Crippen LogP) is 5.01. The lowest BCUT2D eigenvalue weighted by molar-refractivity contribution is -0.282. The fraction of sp³-hybridized carbons (Fsp3) is 0.902. The van der Waals surface area contributed by atoms with E-state index in [0.717, 1.165) is 45.6 Å². The first-order chi connectivity index (χ1) is 55.6. The number of carbonyl (C=O) groups is 8. The summed E-state index contributed by atoms with van der Waals surface area (Å²) in [5.41, 5.74) is -1.10. The first-order valence-electron chi connectivity index (χ1n) is 43.0. The van der Waals surface area contributed by atoms with Gasteiger partial charge in [-0.25, -0.2) is 0 Å². The Morgan fingerprint density at radius 2 is 0.750 bits per heavy atom. The lowest BCUT2D eigenvalue weighted by Crippen LogP contribution is -2.55.